The predicted octanol–water partition coefficient (Wildman–Crippen LogP) is 1.95. The van der Waals surface area contributed by atoms with Gasteiger partial charge in [-0.2, -0.15) is 0 Å². The van der Waals surface area contributed by atoms with E-state index >= 15 is 0 Å². The Balaban J connectivity index is 0.00000180. The summed E-state index contributed by atoms with van der Waals surface area (Å²) in [4.78, 5) is 17.4. The minimum Gasteiger partial charge on any atom is -0.375 e. The monoisotopic (exact) mass is 305 g/mol. The highest BCUT2D eigenvalue weighted by atomic mass is 35.5. The van der Waals surface area contributed by atoms with E-state index in [9.17, 15) is 4.79 Å². The number of nitrogens with two attached hydrogens (primary N) is 1. The highest BCUT2D eigenvalue weighted by molar-refractivity contribution is 7.15. The molecule has 1 aromatic rings. The second-order valence-corrected chi connectivity index (χ2v) is 6.00. The lowest BCUT2D eigenvalue weighted by atomic mass is 10.0. The van der Waals surface area contributed by atoms with Crippen LogP contribution in [0.15, 0.2) is 0 Å². The molecule has 1 aliphatic rings. The first-order chi connectivity index (χ1) is 8.56. The SMILES string of the molecule is CC(C)C[C@H](N)C(=O)Nc1nc2c(s1)COCC2.Cl. The van der Waals surface area contributed by atoms with Gasteiger partial charge in [0.2, 0.25) is 5.91 Å². The largest absolute Gasteiger partial charge is 0.375 e. The minimum atomic E-state index is -0.470. The molecule has 0 radical (unpaired) electrons. The van der Waals surface area contributed by atoms with Crippen molar-refractivity contribution in [3.8, 4) is 0 Å². The molecule has 0 bridgehead atoms. The second-order valence-electron chi connectivity index (χ2n) is 4.92. The fourth-order valence-corrected chi connectivity index (χ4v) is 2.84. The van der Waals surface area contributed by atoms with Crippen LogP contribution >= 0.6 is 23.7 Å². The Morgan fingerprint density at radius 3 is 2.95 bits per heavy atom. The van der Waals surface area contributed by atoms with Gasteiger partial charge in [-0.15, -0.1) is 12.4 Å². The molecular formula is C12H20ClN3O2S. The Morgan fingerprint density at radius 1 is 1.58 bits per heavy atom. The van der Waals surface area contributed by atoms with Crippen molar-refractivity contribution in [1.29, 1.82) is 0 Å². The van der Waals surface area contributed by atoms with Gasteiger partial charge in [-0.25, -0.2) is 4.98 Å². The molecule has 1 aliphatic heterocycles. The quantitative estimate of drug-likeness (QED) is 0.891. The molecule has 3 N–H and O–H groups in total. The summed E-state index contributed by atoms with van der Waals surface area (Å²) in [7, 11) is 0. The van der Waals surface area contributed by atoms with Crippen molar-refractivity contribution in [2.24, 2.45) is 11.7 Å². The summed E-state index contributed by atoms with van der Waals surface area (Å²) in [5.41, 5.74) is 6.87. The van der Waals surface area contributed by atoms with Gasteiger partial charge < -0.3 is 15.8 Å². The summed E-state index contributed by atoms with van der Waals surface area (Å²) in [6, 6.07) is -0.470. The van der Waals surface area contributed by atoms with Crippen LogP contribution in [0.1, 0.15) is 30.8 Å². The summed E-state index contributed by atoms with van der Waals surface area (Å²) in [5.74, 6) is 0.249. The number of nitrogens with zero attached hydrogens (tertiary/aromatic N) is 1. The molecule has 108 valence electrons. The van der Waals surface area contributed by atoms with Crippen molar-refractivity contribution in [2.45, 2.75) is 39.3 Å². The lowest BCUT2D eigenvalue weighted by molar-refractivity contribution is -0.117. The van der Waals surface area contributed by atoms with Gasteiger partial charge in [0.15, 0.2) is 5.13 Å². The summed E-state index contributed by atoms with van der Waals surface area (Å²) in [6.07, 6.45) is 1.50. The van der Waals surface area contributed by atoms with Gasteiger partial charge in [-0.3, -0.25) is 4.79 Å². The molecule has 0 spiro atoms. The summed E-state index contributed by atoms with van der Waals surface area (Å²) >= 11 is 1.48. The van der Waals surface area contributed by atoms with Gasteiger partial charge in [0, 0.05) is 6.42 Å². The van der Waals surface area contributed by atoms with Gasteiger partial charge in [0.05, 0.1) is 29.8 Å². The third-order valence-corrected chi connectivity index (χ3v) is 3.77. The molecule has 0 unspecified atom stereocenters. The molecular weight excluding hydrogens is 286 g/mol. The molecule has 1 aromatic heterocycles. The number of nitrogens with one attached hydrogen (secondary N) is 1. The van der Waals surface area contributed by atoms with Crippen molar-refractivity contribution in [3.63, 3.8) is 0 Å². The van der Waals surface area contributed by atoms with Crippen LogP contribution in [0.2, 0.25) is 0 Å². The van der Waals surface area contributed by atoms with E-state index in [-0.39, 0.29) is 18.3 Å². The zero-order valence-corrected chi connectivity index (χ0v) is 12.8. The van der Waals surface area contributed by atoms with Crippen LogP contribution in [0.25, 0.3) is 0 Å². The van der Waals surface area contributed by atoms with Crippen LogP contribution in [-0.4, -0.2) is 23.5 Å². The van der Waals surface area contributed by atoms with Crippen molar-refractivity contribution in [1.82, 2.24) is 4.98 Å². The van der Waals surface area contributed by atoms with Gasteiger partial charge in [0.25, 0.3) is 0 Å². The molecule has 0 saturated carbocycles. The average molecular weight is 306 g/mol. The third-order valence-electron chi connectivity index (χ3n) is 2.79. The molecule has 1 amide bonds. The van der Waals surface area contributed by atoms with Crippen molar-refractivity contribution in [3.05, 3.63) is 10.6 Å². The molecule has 0 aromatic carbocycles. The van der Waals surface area contributed by atoms with E-state index in [2.05, 4.69) is 10.3 Å². The van der Waals surface area contributed by atoms with Gasteiger partial charge in [-0.05, 0) is 12.3 Å². The number of ether oxygens (including phenoxy) is 1. The zero-order valence-electron chi connectivity index (χ0n) is 11.1. The van der Waals surface area contributed by atoms with E-state index in [0.717, 1.165) is 17.0 Å². The second kappa shape index (κ2) is 7.19. The van der Waals surface area contributed by atoms with E-state index in [1.54, 1.807) is 0 Å². The zero-order chi connectivity index (χ0) is 13.1. The lowest BCUT2D eigenvalue weighted by Crippen LogP contribution is -2.36. The molecule has 2 rings (SSSR count). The number of rotatable bonds is 4. The van der Waals surface area contributed by atoms with Crippen molar-refractivity contribution in [2.75, 3.05) is 11.9 Å². The fourth-order valence-electron chi connectivity index (χ4n) is 1.89. The topological polar surface area (TPSA) is 77.2 Å². The van der Waals surface area contributed by atoms with Crippen LogP contribution in [0.3, 0.4) is 0 Å². The number of aromatic nitrogens is 1. The predicted molar refractivity (Wildman–Crippen MR) is 78.8 cm³/mol. The van der Waals surface area contributed by atoms with Crippen LogP contribution in [0, 0.1) is 5.92 Å². The van der Waals surface area contributed by atoms with Gasteiger partial charge >= 0.3 is 0 Å². The first kappa shape index (κ1) is 16.4. The average Bonchev–Trinajstić information content (AvgIpc) is 2.69. The standard InChI is InChI=1S/C12H19N3O2S.ClH/c1-7(2)5-8(13)11(16)15-12-14-9-3-4-17-6-10(9)18-12;/h7-8H,3-6,13H2,1-2H3,(H,14,15,16);1H/t8-;/m0./s1. The fraction of sp³-hybridized carbons (Fsp3) is 0.667. The van der Waals surface area contributed by atoms with Crippen LogP contribution in [0.4, 0.5) is 5.13 Å². The molecule has 2 heterocycles. The number of carbonyl (C=O) groups is 1. The Labute approximate surface area is 123 Å². The Hall–Kier alpha value is -0.690. The summed E-state index contributed by atoms with van der Waals surface area (Å²) in [5, 5.41) is 3.43. The van der Waals surface area contributed by atoms with Gasteiger partial charge in [0.1, 0.15) is 0 Å². The number of anilines is 1. The maximum atomic E-state index is 11.9. The number of carbonyl (C=O) groups excluding carboxylic acids is 1. The molecule has 19 heavy (non-hydrogen) atoms. The number of hydrogen-bond donors (Lipinski definition) is 2. The Bertz CT molecular complexity index is 413. The summed E-state index contributed by atoms with van der Waals surface area (Å²) < 4.78 is 5.35. The smallest absolute Gasteiger partial charge is 0.243 e. The Kier molecular flexibility index (Phi) is 6.19. The first-order valence-corrected chi connectivity index (χ1v) is 7.00. The first-order valence-electron chi connectivity index (χ1n) is 6.19. The molecule has 5 nitrogen and oxygen atoms in total. The number of amides is 1. The maximum Gasteiger partial charge on any atom is 0.243 e. The van der Waals surface area contributed by atoms with Crippen LogP contribution in [0.5, 0.6) is 0 Å². The lowest BCUT2D eigenvalue weighted by Gasteiger charge is -2.12. The van der Waals surface area contributed by atoms with E-state index in [1.165, 1.54) is 11.3 Å². The number of hydrogen-bond acceptors (Lipinski definition) is 5. The van der Waals surface area contributed by atoms with Crippen LogP contribution < -0.4 is 11.1 Å². The van der Waals surface area contributed by atoms with E-state index < -0.39 is 6.04 Å². The Morgan fingerprint density at radius 2 is 2.32 bits per heavy atom. The molecule has 0 saturated heterocycles. The summed E-state index contributed by atoms with van der Waals surface area (Å²) in [6.45, 7) is 5.40. The van der Waals surface area contributed by atoms with E-state index in [1.807, 2.05) is 13.8 Å². The highest BCUT2D eigenvalue weighted by Gasteiger charge is 2.19. The normalized spacial score (nSPS) is 15.6. The molecule has 0 aliphatic carbocycles. The van der Waals surface area contributed by atoms with E-state index in [0.29, 0.717) is 30.7 Å². The third kappa shape index (κ3) is 4.42. The molecule has 7 heteroatoms. The van der Waals surface area contributed by atoms with Crippen LogP contribution in [-0.2, 0) is 22.6 Å². The van der Waals surface area contributed by atoms with Gasteiger partial charge in [-0.1, -0.05) is 25.2 Å². The molecule has 1 atom stereocenters. The molecule has 0 fully saturated rings. The van der Waals surface area contributed by atoms with E-state index in [4.69, 9.17) is 10.5 Å². The maximum absolute atomic E-state index is 11.9. The number of thiazole rings is 1. The minimum absolute atomic E-state index is 0. The highest BCUT2D eigenvalue weighted by Crippen LogP contribution is 2.27. The number of halogens is 1. The number of fused-ring (bicyclic) bond motifs is 1. The van der Waals surface area contributed by atoms with Crippen molar-refractivity contribution >= 4 is 34.8 Å². The van der Waals surface area contributed by atoms with Crippen molar-refractivity contribution < 1.29 is 9.53 Å².